The number of aryl methyl sites for hydroxylation is 1. The lowest BCUT2D eigenvalue weighted by molar-refractivity contribution is 0.284. The number of hydrogen-bond donors (Lipinski definition) is 1. The summed E-state index contributed by atoms with van der Waals surface area (Å²) in [5, 5.41) is 7.39. The minimum Gasteiger partial charge on any atom is -0.493 e. The van der Waals surface area contributed by atoms with Crippen LogP contribution in [0.3, 0.4) is 0 Å². The summed E-state index contributed by atoms with van der Waals surface area (Å²) in [6.45, 7) is 2.52. The normalized spacial score (nSPS) is 11.0. The Morgan fingerprint density at radius 2 is 1.84 bits per heavy atom. The van der Waals surface area contributed by atoms with Gasteiger partial charge in [-0.25, -0.2) is 0 Å². The molecule has 0 aliphatic rings. The molecule has 0 saturated carbocycles. The van der Waals surface area contributed by atoms with Gasteiger partial charge in [0, 0.05) is 6.08 Å². The summed E-state index contributed by atoms with van der Waals surface area (Å²) in [7, 11) is 1.62. The van der Waals surface area contributed by atoms with E-state index < -0.39 is 0 Å². The first-order valence-corrected chi connectivity index (χ1v) is 7.77. The summed E-state index contributed by atoms with van der Waals surface area (Å²) in [6.07, 6.45) is 3.53. The van der Waals surface area contributed by atoms with Crippen LogP contribution < -0.4 is 15.2 Å². The monoisotopic (exact) mass is 337 g/mol. The van der Waals surface area contributed by atoms with Crippen molar-refractivity contribution in [1.82, 2.24) is 10.2 Å². The Morgan fingerprint density at radius 3 is 2.52 bits per heavy atom. The zero-order valence-corrected chi connectivity index (χ0v) is 14.1. The lowest BCUT2D eigenvalue weighted by atomic mass is 10.1. The van der Waals surface area contributed by atoms with Crippen LogP contribution in [0.25, 0.3) is 12.2 Å². The van der Waals surface area contributed by atoms with Gasteiger partial charge in [0.25, 0.3) is 0 Å². The maximum atomic E-state index is 5.92. The van der Waals surface area contributed by atoms with Gasteiger partial charge in [-0.1, -0.05) is 41.0 Å². The molecule has 1 heterocycles. The highest BCUT2D eigenvalue weighted by Gasteiger charge is 2.06. The molecule has 0 radical (unpaired) electrons. The third-order valence-corrected chi connectivity index (χ3v) is 3.58. The van der Waals surface area contributed by atoms with Gasteiger partial charge in [-0.15, -0.1) is 5.10 Å². The van der Waals surface area contributed by atoms with Gasteiger partial charge in [0.2, 0.25) is 5.89 Å². The Labute approximate surface area is 145 Å². The molecule has 0 saturated heterocycles. The molecule has 0 fully saturated rings. The Morgan fingerprint density at radius 1 is 1.04 bits per heavy atom. The van der Waals surface area contributed by atoms with Crippen molar-refractivity contribution in [2.75, 3.05) is 12.8 Å². The molecule has 6 nitrogen and oxygen atoms in total. The number of ether oxygens (including phenoxy) is 2. The van der Waals surface area contributed by atoms with Gasteiger partial charge in [-0.2, -0.15) is 0 Å². The maximum absolute atomic E-state index is 5.92. The smallest absolute Gasteiger partial charge is 0.313 e. The van der Waals surface area contributed by atoms with E-state index in [9.17, 15) is 0 Å². The predicted molar refractivity (Wildman–Crippen MR) is 96.1 cm³/mol. The number of benzene rings is 2. The SMILES string of the molecule is COc1ccc(/C=C/c2nnc(N)o2)cc1OCc1ccc(C)cc1. The largest absolute Gasteiger partial charge is 0.493 e. The minimum atomic E-state index is 0.0384. The highest BCUT2D eigenvalue weighted by molar-refractivity contribution is 5.68. The molecule has 3 aromatic rings. The van der Waals surface area contributed by atoms with Gasteiger partial charge in [0.05, 0.1) is 7.11 Å². The van der Waals surface area contributed by atoms with Crippen LogP contribution in [-0.4, -0.2) is 17.3 Å². The van der Waals surface area contributed by atoms with Crippen molar-refractivity contribution in [1.29, 1.82) is 0 Å². The van der Waals surface area contributed by atoms with Crippen molar-refractivity contribution in [3.05, 3.63) is 65.0 Å². The molecule has 3 rings (SSSR count). The van der Waals surface area contributed by atoms with Crippen LogP contribution in [0.15, 0.2) is 46.9 Å². The summed E-state index contributed by atoms with van der Waals surface area (Å²) in [6, 6.07) is 13.9. The third kappa shape index (κ3) is 4.38. The number of aromatic nitrogens is 2. The minimum absolute atomic E-state index is 0.0384. The molecule has 2 aromatic carbocycles. The maximum Gasteiger partial charge on any atom is 0.313 e. The Hall–Kier alpha value is -3.28. The second-order valence-corrected chi connectivity index (χ2v) is 5.50. The number of hydrogen-bond acceptors (Lipinski definition) is 6. The topological polar surface area (TPSA) is 83.4 Å². The number of nitrogens with zero attached hydrogens (tertiary/aromatic N) is 2. The number of methoxy groups -OCH3 is 1. The van der Waals surface area contributed by atoms with Crippen LogP contribution in [0.2, 0.25) is 0 Å². The summed E-state index contributed by atoms with van der Waals surface area (Å²) in [5.74, 6) is 1.68. The summed E-state index contributed by atoms with van der Waals surface area (Å²) in [4.78, 5) is 0. The highest BCUT2D eigenvalue weighted by atomic mass is 16.5. The Kier molecular flexibility index (Phi) is 4.99. The zero-order valence-electron chi connectivity index (χ0n) is 14.1. The van der Waals surface area contributed by atoms with Crippen molar-refractivity contribution in [2.24, 2.45) is 0 Å². The van der Waals surface area contributed by atoms with E-state index in [-0.39, 0.29) is 6.01 Å². The molecule has 0 spiro atoms. The van der Waals surface area contributed by atoms with Crippen molar-refractivity contribution in [3.8, 4) is 11.5 Å². The standard InChI is InChI=1S/C19H19N3O3/c1-13-3-5-15(6-4-13)12-24-17-11-14(7-9-16(17)23-2)8-10-18-21-22-19(20)25-18/h3-11H,12H2,1-2H3,(H2,20,22)/b10-8+. The lowest BCUT2D eigenvalue weighted by Gasteiger charge is -2.11. The van der Waals surface area contributed by atoms with Crippen LogP contribution >= 0.6 is 0 Å². The van der Waals surface area contributed by atoms with Gasteiger partial charge < -0.3 is 19.6 Å². The molecule has 0 aliphatic heterocycles. The fourth-order valence-electron chi connectivity index (χ4n) is 2.24. The van der Waals surface area contributed by atoms with Crippen LogP contribution in [0.4, 0.5) is 6.01 Å². The molecule has 0 aliphatic carbocycles. The average molecular weight is 337 g/mol. The second-order valence-electron chi connectivity index (χ2n) is 5.50. The van der Waals surface area contributed by atoms with Crippen LogP contribution in [-0.2, 0) is 6.61 Å². The van der Waals surface area contributed by atoms with Gasteiger partial charge in [0.1, 0.15) is 6.61 Å². The van der Waals surface area contributed by atoms with Crippen LogP contribution in [0, 0.1) is 6.92 Å². The van der Waals surface area contributed by atoms with E-state index in [0.29, 0.717) is 24.0 Å². The third-order valence-electron chi connectivity index (χ3n) is 3.58. The van der Waals surface area contributed by atoms with E-state index >= 15 is 0 Å². The van der Waals surface area contributed by atoms with E-state index in [4.69, 9.17) is 19.6 Å². The van der Waals surface area contributed by atoms with E-state index in [0.717, 1.165) is 11.1 Å². The molecule has 0 bridgehead atoms. The summed E-state index contributed by atoms with van der Waals surface area (Å²) in [5.41, 5.74) is 8.63. The van der Waals surface area contributed by atoms with Crippen molar-refractivity contribution >= 4 is 18.2 Å². The first-order valence-electron chi connectivity index (χ1n) is 7.77. The molecule has 2 N–H and O–H groups in total. The molecule has 6 heteroatoms. The fraction of sp³-hybridized carbons (Fsp3) is 0.158. The second kappa shape index (κ2) is 7.53. The quantitative estimate of drug-likeness (QED) is 0.738. The van der Waals surface area contributed by atoms with E-state index in [1.165, 1.54) is 5.56 Å². The number of rotatable bonds is 6. The number of nitrogen functional groups attached to an aromatic ring is 1. The molecule has 1 aromatic heterocycles. The molecule has 128 valence electrons. The molecule has 0 amide bonds. The Bertz CT molecular complexity index is 870. The summed E-state index contributed by atoms with van der Waals surface area (Å²) >= 11 is 0. The Balaban J connectivity index is 1.75. The van der Waals surface area contributed by atoms with E-state index in [1.807, 2.05) is 36.4 Å². The van der Waals surface area contributed by atoms with Crippen molar-refractivity contribution in [3.63, 3.8) is 0 Å². The zero-order chi connectivity index (χ0) is 17.6. The molecule has 25 heavy (non-hydrogen) atoms. The molecule has 0 atom stereocenters. The van der Waals surface area contributed by atoms with Crippen LogP contribution in [0.5, 0.6) is 11.5 Å². The predicted octanol–water partition coefficient (Wildman–Crippen LogP) is 3.72. The fourth-order valence-corrected chi connectivity index (χ4v) is 2.24. The lowest BCUT2D eigenvalue weighted by Crippen LogP contribution is -1.98. The van der Waals surface area contributed by atoms with Gasteiger partial charge in [0.15, 0.2) is 11.5 Å². The first-order chi connectivity index (χ1) is 12.1. The number of nitrogens with two attached hydrogens (primary N) is 1. The highest BCUT2D eigenvalue weighted by Crippen LogP contribution is 2.29. The molecular weight excluding hydrogens is 318 g/mol. The van der Waals surface area contributed by atoms with E-state index in [1.54, 1.807) is 13.2 Å². The summed E-state index contributed by atoms with van der Waals surface area (Å²) < 4.78 is 16.4. The van der Waals surface area contributed by atoms with Crippen LogP contribution in [0.1, 0.15) is 22.6 Å². The van der Waals surface area contributed by atoms with Gasteiger partial charge in [-0.3, -0.25) is 0 Å². The van der Waals surface area contributed by atoms with Gasteiger partial charge >= 0.3 is 6.01 Å². The average Bonchev–Trinajstić information content (AvgIpc) is 3.05. The molecule has 0 unspecified atom stereocenters. The van der Waals surface area contributed by atoms with Crippen molar-refractivity contribution in [2.45, 2.75) is 13.5 Å². The van der Waals surface area contributed by atoms with Gasteiger partial charge in [-0.05, 0) is 36.3 Å². The first kappa shape index (κ1) is 16.6. The number of anilines is 1. The van der Waals surface area contributed by atoms with Crippen molar-refractivity contribution < 1.29 is 13.9 Å². The van der Waals surface area contributed by atoms with E-state index in [2.05, 4.69) is 29.3 Å². The molecular formula is C19H19N3O3.